The van der Waals surface area contributed by atoms with Gasteiger partial charge in [-0.2, -0.15) is 0 Å². The third-order valence-electron chi connectivity index (χ3n) is 3.15. The largest absolute Gasteiger partial charge is 0.334 e. The smallest absolute Gasteiger partial charge is 0.254 e. The van der Waals surface area contributed by atoms with Crippen molar-refractivity contribution in [2.45, 2.75) is 19.9 Å². The number of hydrogen-bond donors (Lipinski definition) is 0. The number of hydrogen-bond acceptors (Lipinski definition) is 2. The van der Waals surface area contributed by atoms with Gasteiger partial charge in [0, 0.05) is 26.8 Å². The quantitative estimate of drug-likeness (QED) is 0.798. The van der Waals surface area contributed by atoms with Crippen LogP contribution in [0.25, 0.3) is 0 Å². The van der Waals surface area contributed by atoms with E-state index in [1.165, 1.54) is 9.75 Å². The highest BCUT2D eigenvalue weighted by molar-refractivity contribution is 9.10. The van der Waals surface area contributed by atoms with Gasteiger partial charge in [-0.15, -0.1) is 11.3 Å². The van der Waals surface area contributed by atoms with E-state index >= 15 is 0 Å². The Hall–Kier alpha value is -1.13. The van der Waals surface area contributed by atoms with Crippen LogP contribution in [-0.4, -0.2) is 17.9 Å². The SMILES string of the molecule is Cc1ccc(C(C)N(C)C(=O)c2cccc(Br)c2)s1. The Balaban J connectivity index is 2.19. The van der Waals surface area contributed by atoms with Crippen LogP contribution in [0.3, 0.4) is 0 Å². The number of halogens is 1. The molecule has 100 valence electrons. The van der Waals surface area contributed by atoms with Gasteiger partial charge in [-0.25, -0.2) is 0 Å². The summed E-state index contributed by atoms with van der Waals surface area (Å²) in [5.41, 5.74) is 0.706. The van der Waals surface area contributed by atoms with E-state index in [0.29, 0.717) is 5.56 Å². The summed E-state index contributed by atoms with van der Waals surface area (Å²) < 4.78 is 0.923. The van der Waals surface area contributed by atoms with Gasteiger partial charge in [0.25, 0.3) is 5.91 Å². The summed E-state index contributed by atoms with van der Waals surface area (Å²) in [6.45, 7) is 4.14. The molecule has 4 heteroatoms. The molecule has 1 aromatic heterocycles. The number of carbonyl (C=O) groups is 1. The van der Waals surface area contributed by atoms with Crippen molar-refractivity contribution >= 4 is 33.2 Å². The Bertz CT molecular complexity index is 593. The van der Waals surface area contributed by atoms with Crippen molar-refractivity contribution in [1.82, 2.24) is 4.90 Å². The minimum absolute atomic E-state index is 0.0415. The van der Waals surface area contributed by atoms with Gasteiger partial charge < -0.3 is 4.90 Å². The fraction of sp³-hybridized carbons (Fsp3) is 0.267. The second-order valence-electron chi connectivity index (χ2n) is 4.55. The van der Waals surface area contributed by atoms with Crippen molar-refractivity contribution in [3.8, 4) is 0 Å². The molecule has 0 spiro atoms. The molecular formula is C15H16BrNOS. The zero-order valence-corrected chi connectivity index (χ0v) is 13.6. The van der Waals surface area contributed by atoms with Crippen LogP contribution in [0.15, 0.2) is 40.9 Å². The van der Waals surface area contributed by atoms with Crippen LogP contribution in [0.4, 0.5) is 0 Å². The topological polar surface area (TPSA) is 20.3 Å². The first kappa shape index (κ1) is 14.3. The van der Waals surface area contributed by atoms with Crippen LogP contribution in [0.1, 0.15) is 33.1 Å². The summed E-state index contributed by atoms with van der Waals surface area (Å²) in [5.74, 6) is 0.0415. The highest BCUT2D eigenvalue weighted by atomic mass is 79.9. The van der Waals surface area contributed by atoms with E-state index in [1.54, 1.807) is 16.2 Å². The molecule has 0 aliphatic rings. The van der Waals surface area contributed by atoms with Gasteiger partial charge in [0.2, 0.25) is 0 Å². The van der Waals surface area contributed by atoms with E-state index in [-0.39, 0.29) is 11.9 Å². The third-order valence-corrected chi connectivity index (χ3v) is 4.81. The van der Waals surface area contributed by atoms with Crippen LogP contribution < -0.4 is 0 Å². The monoisotopic (exact) mass is 337 g/mol. The molecule has 0 aliphatic heterocycles. The fourth-order valence-corrected chi connectivity index (χ4v) is 3.24. The summed E-state index contributed by atoms with van der Waals surface area (Å²) in [6, 6.07) is 11.8. The summed E-state index contributed by atoms with van der Waals surface area (Å²) in [6.07, 6.45) is 0. The van der Waals surface area contributed by atoms with Crippen molar-refractivity contribution in [1.29, 1.82) is 0 Å². The standard InChI is InChI=1S/C15H16BrNOS/c1-10-7-8-14(19-10)11(2)17(3)15(18)12-5-4-6-13(16)9-12/h4-9,11H,1-3H3. The molecule has 0 saturated heterocycles. The van der Waals surface area contributed by atoms with E-state index in [0.717, 1.165) is 4.47 Å². The van der Waals surface area contributed by atoms with Crippen molar-refractivity contribution in [2.24, 2.45) is 0 Å². The van der Waals surface area contributed by atoms with E-state index in [1.807, 2.05) is 31.3 Å². The first-order valence-corrected chi connectivity index (χ1v) is 7.69. The second kappa shape index (κ2) is 5.88. The van der Waals surface area contributed by atoms with Gasteiger partial charge >= 0.3 is 0 Å². The lowest BCUT2D eigenvalue weighted by molar-refractivity contribution is 0.0745. The molecule has 0 aliphatic carbocycles. The predicted molar refractivity (Wildman–Crippen MR) is 83.7 cm³/mol. The third kappa shape index (κ3) is 3.25. The van der Waals surface area contributed by atoms with E-state index in [9.17, 15) is 4.79 Å². The number of aryl methyl sites for hydroxylation is 1. The van der Waals surface area contributed by atoms with Gasteiger partial charge in [0.05, 0.1) is 6.04 Å². The van der Waals surface area contributed by atoms with Crippen molar-refractivity contribution in [2.75, 3.05) is 7.05 Å². The van der Waals surface area contributed by atoms with Crippen LogP contribution >= 0.6 is 27.3 Å². The molecule has 1 aromatic carbocycles. The zero-order valence-electron chi connectivity index (χ0n) is 11.2. The molecule has 0 saturated carbocycles. The molecule has 2 rings (SSSR count). The molecule has 19 heavy (non-hydrogen) atoms. The molecule has 1 atom stereocenters. The Labute approximate surface area is 126 Å². The number of amides is 1. The maximum atomic E-state index is 12.4. The van der Waals surface area contributed by atoms with Gasteiger partial charge in [-0.05, 0) is 44.2 Å². The predicted octanol–water partition coefficient (Wildman–Crippen LogP) is 4.65. The number of benzene rings is 1. The highest BCUT2D eigenvalue weighted by Gasteiger charge is 2.20. The van der Waals surface area contributed by atoms with Gasteiger partial charge in [-0.3, -0.25) is 4.79 Å². The minimum atomic E-state index is 0.0415. The Morgan fingerprint density at radius 1 is 1.32 bits per heavy atom. The van der Waals surface area contributed by atoms with E-state index in [4.69, 9.17) is 0 Å². The highest BCUT2D eigenvalue weighted by Crippen LogP contribution is 2.27. The number of rotatable bonds is 3. The molecule has 2 nitrogen and oxygen atoms in total. The molecule has 1 unspecified atom stereocenters. The average Bonchev–Trinajstić information content (AvgIpc) is 2.83. The minimum Gasteiger partial charge on any atom is -0.334 e. The van der Waals surface area contributed by atoms with Crippen molar-refractivity contribution in [3.63, 3.8) is 0 Å². The summed E-state index contributed by atoms with van der Waals surface area (Å²) in [4.78, 5) is 16.7. The number of thiophene rings is 1. The van der Waals surface area contributed by atoms with Crippen LogP contribution in [-0.2, 0) is 0 Å². The molecular weight excluding hydrogens is 322 g/mol. The molecule has 1 amide bonds. The molecule has 0 radical (unpaired) electrons. The lowest BCUT2D eigenvalue weighted by Gasteiger charge is -2.24. The average molecular weight is 338 g/mol. The van der Waals surface area contributed by atoms with E-state index in [2.05, 4.69) is 41.9 Å². The Kier molecular flexibility index (Phi) is 4.42. The summed E-state index contributed by atoms with van der Waals surface area (Å²) >= 11 is 5.13. The maximum Gasteiger partial charge on any atom is 0.254 e. The Morgan fingerprint density at radius 2 is 2.05 bits per heavy atom. The molecule has 0 fully saturated rings. The van der Waals surface area contributed by atoms with Crippen molar-refractivity contribution in [3.05, 3.63) is 56.2 Å². The first-order chi connectivity index (χ1) is 8.99. The zero-order chi connectivity index (χ0) is 14.0. The van der Waals surface area contributed by atoms with E-state index < -0.39 is 0 Å². The molecule has 0 bridgehead atoms. The number of carbonyl (C=O) groups excluding carboxylic acids is 1. The van der Waals surface area contributed by atoms with Crippen LogP contribution in [0.2, 0.25) is 0 Å². The van der Waals surface area contributed by atoms with Gasteiger partial charge in [0.1, 0.15) is 0 Å². The van der Waals surface area contributed by atoms with Crippen LogP contribution in [0.5, 0.6) is 0 Å². The first-order valence-electron chi connectivity index (χ1n) is 6.08. The molecule has 0 N–H and O–H groups in total. The fourth-order valence-electron chi connectivity index (χ4n) is 1.87. The normalized spacial score (nSPS) is 12.2. The molecule has 1 heterocycles. The van der Waals surface area contributed by atoms with Crippen LogP contribution in [0, 0.1) is 6.92 Å². The van der Waals surface area contributed by atoms with Crippen molar-refractivity contribution < 1.29 is 4.79 Å². The number of nitrogens with zero attached hydrogens (tertiary/aromatic N) is 1. The lowest BCUT2D eigenvalue weighted by atomic mass is 10.1. The Morgan fingerprint density at radius 3 is 2.63 bits per heavy atom. The van der Waals surface area contributed by atoms with Gasteiger partial charge in [-0.1, -0.05) is 22.0 Å². The maximum absolute atomic E-state index is 12.4. The summed E-state index contributed by atoms with van der Waals surface area (Å²) in [5, 5.41) is 0. The lowest BCUT2D eigenvalue weighted by Crippen LogP contribution is -2.29. The van der Waals surface area contributed by atoms with Gasteiger partial charge in [0.15, 0.2) is 0 Å². The second-order valence-corrected chi connectivity index (χ2v) is 6.79. The summed E-state index contributed by atoms with van der Waals surface area (Å²) in [7, 11) is 1.85. The molecule has 2 aromatic rings.